The molecule has 0 aliphatic carbocycles. The minimum absolute atomic E-state index is 0. The van der Waals surface area contributed by atoms with Crippen LogP contribution in [0.4, 0.5) is 0 Å². The third kappa shape index (κ3) is 4.72. The summed E-state index contributed by atoms with van der Waals surface area (Å²) >= 11 is 0. The minimum atomic E-state index is -0.343. The predicted octanol–water partition coefficient (Wildman–Crippen LogP) is 3.68. The van der Waals surface area contributed by atoms with Gasteiger partial charge in [0, 0.05) is 6.54 Å². The second-order valence-corrected chi connectivity index (χ2v) is 5.70. The topological polar surface area (TPSA) is 46.3 Å². The summed E-state index contributed by atoms with van der Waals surface area (Å²) in [5.41, 5.74) is 7.30. The van der Waals surface area contributed by atoms with Crippen LogP contribution in [0.2, 0.25) is 0 Å². The van der Waals surface area contributed by atoms with Gasteiger partial charge in [0.2, 0.25) is 5.91 Å². The van der Waals surface area contributed by atoms with Gasteiger partial charge in [-0.25, -0.2) is 0 Å². The SMILES string of the molecule is CCCC(N)C(=O)N1CCCCCC1c1ccccc1.Cl. The molecular formula is C17H27ClN2O. The van der Waals surface area contributed by atoms with E-state index in [2.05, 4.69) is 31.2 Å². The van der Waals surface area contributed by atoms with Gasteiger partial charge in [-0.15, -0.1) is 12.4 Å². The van der Waals surface area contributed by atoms with Gasteiger partial charge in [-0.05, 0) is 24.8 Å². The maximum absolute atomic E-state index is 12.6. The number of amides is 1. The highest BCUT2D eigenvalue weighted by molar-refractivity contribution is 5.85. The highest BCUT2D eigenvalue weighted by Crippen LogP contribution is 2.30. The lowest BCUT2D eigenvalue weighted by Gasteiger charge is -2.32. The molecule has 0 aromatic heterocycles. The molecule has 0 saturated carbocycles. The van der Waals surface area contributed by atoms with E-state index >= 15 is 0 Å². The van der Waals surface area contributed by atoms with Crippen molar-refractivity contribution in [1.29, 1.82) is 0 Å². The smallest absolute Gasteiger partial charge is 0.239 e. The zero-order chi connectivity index (χ0) is 14.4. The number of rotatable bonds is 4. The van der Waals surface area contributed by atoms with Gasteiger partial charge in [0.1, 0.15) is 0 Å². The molecule has 0 spiro atoms. The summed E-state index contributed by atoms with van der Waals surface area (Å²) in [6, 6.07) is 10.2. The van der Waals surface area contributed by atoms with Crippen LogP contribution in [0, 0.1) is 0 Å². The molecule has 2 N–H and O–H groups in total. The number of nitrogens with two attached hydrogens (primary N) is 1. The lowest BCUT2D eigenvalue weighted by molar-refractivity contribution is -0.135. The standard InChI is InChI=1S/C17H26N2O.ClH/c1-2-9-15(18)17(20)19-13-8-4-7-12-16(19)14-10-5-3-6-11-14;/h3,5-6,10-11,15-16H,2,4,7-9,12-13,18H2,1H3;1H. The molecule has 1 amide bonds. The number of carbonyl (C=O) groups is 1. The van der Waals surface area contributed by atoms with Gasteiger partial charge in [-0.2, -0.15) is 0 Å². The molecule has 4 heteroatoms. The number of likely N-dealkylation sites (tertiary alicyclic amines) is 1. The molecule has 0 radical (unpaired) electrons. The van der Waals surface area contributed by atoms with Crippen LogP contribution in [0.3, 0.4) is 0 Å². The van der Waals surface area contributed by atoms with E-state index in [1.54, 1.807) is 0 Å². The van der Waals surface area contributed by atoms with Crippen molar-refractivity contribution in [3.8, 4) is 0 Å². The summed E-state index contributed by atoms with van der Waals surface area (Å²) in [4.78, 5) is 14.7. The first-order chi connectivity index (χ1) is 9.74. The molecule has 21 heavy (non-hydrogen) atoms. The largest absolute Gasteiger partial charge is 0.334 e. The van der Waals surface area contributed by atoms with E-state index < -0.39 is 0 Å². The number of carbonyl (C=O) groups excluding carboxylic acids is 1. The first-order valence-corrected chi connectivity index (χ1v) is 7.85. The van der Waals surface area contributed by atoms with E-state index in [0.29, 0.717) is 0 Å². The van der Waals surface area contributed by atoms with Crippen LogP contribution >= 0.6 is 12.4 Å². The number of hydrogen-bond donors (Lipinski definition) is 1. The maximum atomic E-state index is 12.6. The number of nitrogens with zero attached hydrogens (tertiary/aromatic N) is 1. The third-order valence-corrected chi connectivity index (χ3v) is 4.14. The fraction of sp³-hybridized carbons (Fsp3) is 0.588. The van der Waals surface area contributed by atoms with Gasteiger partial charge in [0.25, 0.3) is 0 Å². The molecule has 1 aromatic carbocycles. The molecule has 2 atom stereocenters. The van der Waals surface area contributed by atoms with Crippen molar-refractivity contribution in [2.45, 2.75) is 57.5 Å². The second kappa shape index (κ2) is 9.06. The Morgan fingerprint density at radius 2 is 2.00 bits per heavy atom. The quantitative estimate of drug-likeness (QED) is 0.922. The van der Waals surface area contributed by atoms with E-state index in [1.165, 1.54) is 18.4 Å². The molecular weight excluding hydrogens is 284 g/mol. The normalized spacial score (nSPS) is 20.3. The van der Waals surface area contributed by atoms with E-state index in [1.807, 2.05) is 11.0 Å². The summed E-state index contributed by atoms with van der Waals surface area (Å²) in [5, 5.41) is 0. The van der Waals surface area contributed by atoms with Crippen molar-refractivity contribution in [3.05, 3.63) is 35.9 Å². The number of halogens is 1. The molecule has 1 fully saturated rings. The summed E-state index contributed by atoms with van der Waals surface area (Å²) in [6.07, 6.45) is 6.26. The monoisotopic (exact) mass is 310 g/mol. The molecule has 1 aliphatic heterocycles. The Kier molecular flexibility index (Phi) is 7.76. The molecule has 2 rings (SSSR count). The van der Waals surface area contributed by atoms with Crippen LogP contribution in [-0.2, 0) is 4.79 Å². The molecule has 3 nitrogen and oxygen atoms in total. The Morgan fingerprint density at radius 3 is 2.67 bits per heavy atom. The Labute approximate surface area is 134 Å². The van der Waals surface area contributed by atoms with Crippen molar-refractivity contribution in [2.24, 2.45) is 5.73 Å². The van der Waals surface area contributed by atoms with Crippen molar-refractivity contribution in [2.75, 3.05) is 6.54 Å². The van der Waals surface area contributed by atoms with Crippen molar-refractivity contribution in [1.82, 2.24) is 4.90 Å². The molecule has 0 bridgehead atoms. The average molecular weight is 311 g/mol. The van der Waals surface area contributed by atoms with Crippen LogP contribution in [0.15, 0.2) is 30.3 Å². The molecule has 1 saturated heterocycles. The van der Waals surface area contributed by atoms with Gasteiger partial charge < -0.3 is 10.6 Å². The maximum Gasteiger partial charge on any atom is 0.239 e. The molecule has 118 valence electrons. The predicted molar refractivity (Wildman–Crippen MR) is 89.5 cm³/mol. The van der Waals surface area contributed by atoms with Crippen molar-refractivity contribution < 1.29 is 4.79 Å². The lowest BCUT2D eigenvalue weighted by atomic mass is 10.00. The molecule has 1 heterocycles. The fourth-order valence-corrected chi connectivity index (χ4v) is 3.04. The van der Waals surface area contributed by atoms with Gasteiger partial charge in [0.05, 0.1) is 12.1 Å². The molecule has 1 aromatic rings. The van der Waals surface area contributed by atoms with Crippen molar-refractivity contribution >= 4 is 18.3 Å². The van der Waals surface area contributed by atoms with E-state index in [9.17, 15) is 4.79 Å². The number of hydrogen-bond acceptors (Lipinski definition) is 2. The molecule has 2 unspecified atom stereocenters. The Balaban J connectivity index is 0.00000220. The van der Waals surface area contributed by atoms with E-state index in [-0.39, 0.29) is 30.4 Å². The first kappa shape index (κ1) is 18.0. The van der Waals surface area contributed by atoms with Gasteiger partial charge in [0.15, 0.2) is 0 Å². The van der Waals surface area contributed by atoms with E-state index in [0.717, 1.165) is 32.2 Å². The third-order valence-electron chi connectivity index (χ3n) is 4.14. The first-order valence-electron chi connectivity index (χ1n) is 7.85. The van der Waals surface area contributed by atoms with Gasteiger partial charge >= 0.3 is 0 Å². The van der Waals surface area contributed by atoms with Crippen LogP contribution < -0.4 is 5.73 Å². The van der Waals surface area contributed by atoms with E-state index in [4.69, 9.17) is 5.73 Å². The Bertz CT molecular complexity index is 424. The van der Waals surface area contributed by atoms with Gasteiger partial charge in [-0.1, -0.05) is 56.5 Å². The summed E-state index contributed by atoms with van der Waals surface area (Å²) in [6.45, 7) is 2.92. The Morgan fingerprint density at radius 1 is 1.29 bits per heavy atom. The van der Waals surface area contributed by atoms with Crippen LogP contribution in [-0.4, -0.2) is 23.4 Å². The fourth-order valence-electron chi connectivity index (χ4n) is 3.04. The summed E-state index contributed by atoms with van der Waals surface area (Å²) < 4.78 is 0. The van der Waals surface area contributed by atoms with Gasteiger partial charge in [-0.3, -0.25) is 4.79 Å². The summed E-state index contributed by atoms with van der Waals surface area (Å²) in [7, 11) is 0. The van der Waals surface area contributed by atoms with Crippen LogP contribution in [0.5, 0.6) is 0 Å². The van der Waals surface area contributed by atoms with Crippen LogP contribution in [0.25, 0.3) is 0 Å². The summed E-state index contributed by atoms with van der Waals surface area (Å²) in [5.74, 6) is 0.127. The molecule has 1 aliphatic rings. The van der Waals surface area contributed by atoms with Crippen LogP contribution in [0.1, 0.15) is 57.1 Å². The second-order valence-electron chi connectivity index (χ2n) is 5.70. The minimum Gasteiger partial charge on any atom is -0.334 e. The highest BCUT2D eigenvalue weighted by Gasteiger charge is 2.29. The Hall–Kier alpha value is -1.06. The zero-order valence-electron chi connectivity index (χ0n) is 12.8. The lowest BCUT2D eigenvalue weighted by Crippen LogP contribution is -2.45. The highest BCUT2D eigenvalue weighted by atomic mass is 35.5. The number of benzene rings is 1. The van der Waals surface area contributed by atoms with Crippen molar-refractivity contribution in [3.63, 3.8) is 0 Å². The average Bonchev–Trinajstić information content (AvgIpc) is 2.73. The zero-order valence-corrected chi connectivity index (χ0v) is 13.6.